The van der Waals surface area contributed by atoms with Crippen LogP contribution in [0.3, 0.4) is 0 Å². The van der Waals surface area contributed by atoms with Crippen molar-refractivity contribution < 1.29 is 0 Å². The zero-order valence-corrected chi connectivity index (χ0v) is 8.59. The Morgan fingerprint density at radius 2 is 2.27 bits per heavy atom. The van der Waals surface area contributed by atoms with Crippen molar-refractivity contribution in [1.29, 1.82) is 0 Å². The van der Waals surface area contributed by atoms with Crippen molar-refractivity contribution in [3.05, 3.63) is 3.95 Å². The standard InChI is InChI=1S/C5H7N3S3/c1-8(2)3-6-4-7-5(9)11-10-4/h3H,1-2H3/b6-3+. The zero-order chi connectivity index (χ0) is 8.27. The molecule has 0 aliphatic heterocycles. The van der Waals surface area contributed by atoms with Crippen LogP contribution in [-0.4, -0.2) is 30.3 Å². The highest BCUT2D eigenvalue weighted by atomic mass is 32.9. The summed E-state index contributed by atoms with van der Waals surface area (Å²) in [6, 6.07) is 0. The van der Waals surface area contributed by atoms with Gasteiger partial charge in [0.05, 0.1) is 6.34 Å². The van der Waals surface area contributed by atoms with E-state index in [1.807, 2.05) is 19.0 Å². The van der Waals surface area contributed by atoms with E-state index in [0.29, 0.717) is 3.95 Å². The van der Waals surface area contributed by atoms with E-state index in [9.17, 15) is 0 Å². The molecule has 11 heavy (non-hydrogen) atoms. The molecule has 0 radical (unpaired) electrons. The SMILES string of the molecule is CN(C)/C=N/c1nc(=S)ss1. The molecule has 0 aromatic carbocycles. The van der Waals surface area contributed by atoms with Crippen LogP contribution in [0.1, 0.15) is 0 Å². The van der Waals surface area contributed by atoms with Crippen molar-refractivity contribution in [3.63, 3.8) is 0 Å². The maximum absolute atomic E-state index is 4.84. The first kappa shape index (κ1) is 8.76. The lowest BCUT2D eigenvalue weighted by Gasteiger charge is -1.99. The van der Waals surface area contributed by atoms with E-state index in [0.717, 1.165) is 5.13 Å². The van der Waals surface area contributed by atoms with Gasteiger partial charge < -0.3 is 4.90 Å². The summed E-state index contributed by atoms with van der Waals surface area (Å²) < 4.78 is 0.654. The van der Waals surface area contributed by atoms with Gasteiger partial charge in [0.25, 0.3) is 0 Å². The van der Waals surface area contributed by atoms with Crippen LogP contribution in [0.2, 0.25) is 0 Å². The zero-order valence-electron chi connectivity index (χ0n) is 6.14. The maximum Gasteiger partial charge on any atom is 0.222 e. The Labute approximate surface area is 77.4 Å². The Hall–Kier alpha value is -0.330. The molecule has 0 spiro atoms. The average Bonchev–Trinajstić information content (AvgIpc) is 2.31. The van der Waals surface area contributed by atoms with E-state index < -0.39 is 0 Å². The van der Waals surface area contributed by atoms with Crippen LogP contribution in [0.15, 0.2) is 4.99 Å². The van der Waals surface area contributed by atoms with E-state index in [1.54, 1.807) is 6.34 Å². The van der Waals surface area contributed by atoms with Gasteiger partial charge in [-0.15, -0.1) is 0 Å². The minimum atomic E-state index is 0.654. The summed E-state index contributed by atoms with van der Waals surface area (Å²) in [5.41, 5.74) is 0. The van der Waals surface area contributed by atoms with Crippen LogP contribution in [-0.2, 0) is 0 Å². The number of rotatable bonds is 2. The molecule has 0 fully saturated rings. The fourth-order valence-electron chi connectivity index (χ4n) is 0.404. The first-order valence-corrected chi connectivity index (χ1v) is 5.42. The van der Waals surface area contributed by atoms with E-state index >= 15 is 0 Å². The van der Waals surface area contributed by atoms with Gasteiger partial charge in [-0.25, -0.2) is 4.99 Å². The molecule has 1 rings (SSSR count). The molecular formula is C5H7N3S3. The summed E-state index contributed by atoms with van der Waals surface area (Å²) in [6.45, 7) is 0. The lowest BCUT2D eigenvalue weighted by molar-refractivity contribution is 0.643. The number of nitrogens with zero attached hydrogens (tertiary/aromatic N) is 3. The van der Waals surface area contributed by atoms with Gasteiger partial charge in [-0.05, 0) is 32.9 Å². The summed E-state index contributed by atoms with van der Waals surface area (Å²) in [6.07, 6.45) is 1.71. The van der Waals surface area contributed by atoms with E-state index in [4.69, 9.17) is 12.2 Å². The minimum Gasteiger partial charge on any atom is -0.369 e. The van der Waals surface area contributed by atoms with Crippen molar-refractivity contribution in [3.8, 4) is 0 Å². The summed E-state index contributed by atoms with van der Waals surface area (Å²) in [5, 5.41) is 0.730. The highest BCUT2D eigenvalue weighted by Gasteiger charge is 1.91. The third kappa shape index (κ3) is 3.04. The molecule has 0 saturated heterocycles. The maximum atomic E-state index is 4.84. The Kier molecular flexibility index (Phi) is 3.10. The highest BCUT2D eigenvalue weighted by molar-refractivity contribution is 7.79. The molecule has 0 N–H and O–H groups in total. The lowest BCUT2D eigenvalue weighted by atomic mass is 10.9. The molecule has 0 amide bonds. The molecule has 6 heteroatoms. The average molecular weight is 205 g/mol. The van der Waals surface area contributed by atoms with Gasteiger partial charge in [0.15, 0.2) is 3.95 Å². The molecule has 1 heterocycles. The molecule has 0 aliphatic carbocycles. The molecule has 1 aromatic heterocycles. The second-order valence-electron chi connectivity index (χ2n) is 2.04. The number of hydrogen-bond acceptors (Lipinski definition) is 5. The van der Waals surface area contributed by atoms with Crippen LogP contribution < -0.4 is 0 Å². The van der Waals surface area contributed by atoms with Gasteiger partial charge in [-0.1, -0.05) is 0 Å². The van der Waals surface area contributed by atoms with Gasteiger partial charge in [-0.2, -0.15) is 4.98 Å². The Bertz CT molecular complexity index is 298. The van der Waals surface area contributed by atoms with Crippen LogP contribution in [0.25, 0.3) is 0 Å². The number of aromatic nitrogens is 1. The van der Waals surface area contributed by atoms with Crippen LogP contribution in [0.5, 0.6) is 0 Å². The molecule has 0 saturated carbocycles. The van der Waals surface area contributed by atoms with Crippen molar-refractivity contribution >= 4 is 44.4 Å². The number of aliphatic imine (C=N–C) groups is 1. The van der Waals surface area contributed by atoms with Crippen LogP contribution in [0, 0.1) is 3.95 Å². The fraction of sp³-hybridized carbons (Fsp3) is 0.400. The van der Waals surface area contributed by atoms with Gasteiger partial charge in [0.1, 0.15) is 0 Å². The Morgan fingerprint density at radius 3 is 2.73 bits per heavy atom. The van der Waals surface area contributed by atoms with Crippen molar-refractivity contribution in [2.75, 3.05) is 14.1 Å². The van der Waals surface area contributed by atoms with Crippen molar-refractivity contribution in [1.82, 2.24) is 9.88 Å². The molecule has 1 aromatic rings. The van der Waals surface area contributed by atoms with Crippen LogP contribution in [0.4, 0.5) is 5.13 Å². The predicted octanol–water partition coefficient (Wildman–Crippen LogP) is 2.16. The third-order valence-corrected chi connectivity index (χ3v) is 3.27. The first-order valence-electron chi connectivity index (χ1n) is 2.86. The molecule has 0 bridgehead atoms. The Balaban J connectivity index is 2.72. The monoisotopic (exact) mass is 205 g/mol. The fourth-order valence-corrected chi connectivity index (χ4v) is 2.19. The lowest BCUT2D eigenvalue weighted by Crippen LogP contribution is -2.06. The van der Waals surface area contributed by atoms with Gasteiger partial charge >= 0.3 is 0 Å². The summed E-state index contributed by atoms with van der Waals surface area (Å²) in [7, 11) is 6.79. The second kappa shape index (κ2) is 3.89. The molecule has 0 aliphatic rings. The van der Waals surface area contributed by atoms with Gasteiger partial charge in [0.2, 0.25) is 5.13 Å². The predicted molar refractivity (Wildman–Crippen MR) is 52.7 cm³/mol. The van der Waals surface area contributed by atoms with Crippen molar-refractivity contribution in [2.24, 2.45) is 4.99 Å². The summed E-state index contributed by atoms with van der Waals surface area (Å²) in [4.78, 5) is 9.94. The summed E-state index contributed by atoms with van der Waals surface area (Å²) >= 11 is 4.84. The third-order valence-electron chi connectivity index (χ3n) is 0.774. The quantitative estimate of drug-likeness (QED) is 0.320. The Morgan fingerprint density at radius 1 is 1.55 bits per heavy atom. The first-order chi connectivity index (χ1) is 5.18. The topological polar surface area (TPSA) is 28.5 Å². The normalized spacial score (nSPS) is 10.7. The van der Waals surface area contributed by atoms with Crippen molar-refractivity contribution in [2.45, 2.75) is 0 Å². The van der Waals surface area contributed by atoms with Crippen LogP contribution >= 0.6 is 32.9 Å². The minimum absolute atomic E-state index is 0.654. The molecular weight excluding hydrogens is 198 g/mol. The second-order valence-corrected chi connectivity index (χ2v) is 4.77. The molecule has 60 valence electrons. The summed E-state index contributed by atoms with van der Waals surface area (Å²) in [5.74, 6) is 0. The smallest absolute Gasteiger partial charge is 0.222 e. The van der Waals surface area contributed by atoms with E-state index in [-0.39, 0.29) is 0 Å². The van der Waals surface area contributed by atoms with Gasteiger partial charge in [-0.3, -0.25) is 0 Å². The number of hydrogen-bond donors (Lipinski definition) is 0. The van der Waals surface area contributed by atoms with E-state index in [2.05, 4.69) is 9.98 Å². The molecule has 0 unspecified atom stereocenters. The van der Waals surface area contributed by atoms with Gasteiger partial charge in [0, 0.05) is 14.1 Å². The molecule has 0 atom stereocenters. The largest absolute Gasteiger partial charge is 0.369 e. The highest BCUT2D eigenvalue weighted by Crippen LogP contribution is 2.21. The molecule has 3 nitrogen and oxygen atoms in total. The van der Waals surface area contributed by atoms with E-state index in [1.165, 1.54) is 20.7 Å².